The van der Waals surface area contributed by atoms with Gasteiger partial charge < -0.3 is 5.32 Å². The maximum absolute atomic E-state index is 14.3. The van der Waals surface area contributed by atoms with Gasteiger partial charge in [0.15, 0.2) is 0 Å². The van der Waals surface area contributed by atoms with E-state index in [2.05, 4.69) is 5.32 Å². The lowest BCUT2D eigenvalue weighted by Gasteiger charge is -2.32. The summed E-state index contributed by atoms with van der Waals surface area (Å²) < 4.78 is 40.7. The molecule has 0 saturated heterocycles. The number of thioether (sulfide) groups is 1. The number of alkyl halides is 3. The highest BCUT2D eigenvalue weighted by Gasteiger charge is 2.58. The van der Waals surface area contributed by atoms with Crippen LogP contribution in [0.15, 0.2) is 41.8 Å². The molecule has 8 heteroatoms. The van der Waals surface area contributed by atoms with Gasteiger partial charge in [-0.1, -0.05) is 41.4 Å². The minimum absolute atomic E-state index is 0.0404. The Bertz CT molecular complexity index is 1030. The molecule has 158 valence electrons. The standard InChI is InChI=1S/C22H18Cl2F3NOS/c1-12(29)28-20-5-3-14-6-13(2-4-19(14)20)15-10-21(30-11-15,22(25,26)27)16-7-17(23)9-18(24)8-16/h2,4,6-9,11,20H,3,5,10H2,1H3,(H,28,29). The fourth-order valence-corrected chi connectivity index (χ4v) is 5.91. The molecular formula is C22H18Cl2F3NOS. The Labute approximate surface area is 186 Å². The van der Waals surface area contributed by atoms with Crippen LogP contribution in [0.2, 0.25) is 10.0 Å². The third-order valence-corrected chi connectivity index (χ3v) is 7.45. The number of rotatable bonds is 3. The van der Waals surface area contributed by atoms with Crippen molar-refractivity contribution in [1.82, 2.24) is 5.32 Å². The van der Waals surface area contributed by atoms with Crippen molar-refractivity contribution in [2.24, 2.45) is 0 Å². The molecule has 0 spiro atoms. The molecule has 1 aliphatic heterocycles. The van der Waals surface area contributed by atoms with Crippen LogP contribution in [-0.4, -0.2) is 12.1 Å². The molecule has 2 aromatic carbocycles. The molecule has 0 aromatic heterocycles. The van der Waals surface area contributed by atoms with E-state index < -0.39 is 10.9 Å². The van der Waals surface area contributed by atoms with Gasteiger partial charge in [0.05, 0.1) is 6.04 Å². The van der Waals surface area contributed by atoms with E-state index in [0.717, 1.165) is 41.3 Å². The largest absolute Gasteiger partial charge is 0.407 e. The number of carbonyl (C=O) groups excluding carboxylic acids is 1. The second-order valence-electron chi connectivity index (χ2n) is 7.63. The maximum Gasteiger partial charge on any atom is 0.407 e. The first kappa shape index (κ1) is 21.6. The van der Waals surface area contributed by atoms with E-state index in [-0.39, 0.29) is 34.0 Å². The van der Waals surface area contributed by atoms with Crippen LogP contribution >= 0.6 is 35.0 Å². The van der Waals surface area contributed by atoms with Crippen molar-refractivity contribution in [2.45, 2.75) is 43.2 Å². The lowest BCUT2D eigenvalue weighted by Crippen LogP contribution is -2.37. The van der Waals surface area contributed by atoms with Crippen molar-refractivity contribution in [3.8, 4) is 0 Å². The Morgan fingerprint density at radius 3 is 2.50 bits per heavy atom. The van der Waals surface area contributed by atoms with Crippen LogP contribution in [0.3, 0.4) is 0 Å². The van der Waals surface area contributed by atoms with Gasteiger partial charge >= 0.3 is 6.18 Å². The van der Waals surface area contributed by atoms with E-state index in [1.54, 1.807) is 5.41 Å². The minimum Gasteiger partial charge on any atom is -0.350 e. The van der Waals surface area contributed by atoms with Crippen LogP contribution in [0.4, 0.5) is 13.2 Å². The highest BCUT2D eigenvalue weighted by Crippen LogP contribution is 2.60. The minimum atomic E-state index is -4.49. The van der Waals surface area contributed by atoms with Gasteiger partial charge in [-0.15, -0.1) is 11.8 Å². The van der Waals surface area contributed by atoms with Gasteiger partial charge in [-0.3, -0.25) is 4.79 Å². The summed E-state index contributed by atoms with van der Waals surface area (Å²) in [4.78, 5) is 11.4. The molecule has 2 unspecified atom stereocenters. The predicted octanol–water partition coefficient (Wildman–Crippen LogP) is 7.05. The van der Waals surface area contributed by atoms with Crippen LogP contribution < -0.4 is 5.32 Å². The lowest BCUT2D eigenvalue weighted by molar-refractivity contribution is -0.160. The summed E-state index contributed by atoms with van der Waals surface area (Å²) in [5.41, 5.74) is 3.54. The molecule has 2 aromatic rings. The third-order valence-electron chi connectivity index (χ3n) is 5.60. The average Bonchev–Trinajstić information content (AvgIpc) is 3.25. The summed E-state index contributed by atoms with van der Waals surface area (Å²) in [6, 6.07) is 9.76. The average molecular weight is 472 g/mol. The predicted molar refractivity (Wildman–Crippen MR) is 116 cm³/mol. The summed E-state index contributed by atoms with van der Waals surface area (Å²) >= 11 is 12.8. The van der Waals surface area contributed by atoms with Crippen LogP contribution in [-0.2, 0) is 16.0 Å². The normalized spacial score (nSPS) is 23.3. The van der Waals surface area contributed by atoms with E-state index in [0.29, 0.717) is 5.57 Å². The number of hydrogen-bond acceptors (Lipinski definition) is 2. The Hall–Kier alpha value is -1.63. The molecule has 2 atom stereocenters. The SMILES string of the molecule is CC(=O)NC1CCc2cc(C3=CSC(c4cc(Cl)cc(Cl)c4)(C(F)(F)F)C3)ccc21. The molecule has 0 radical (unpaired) electrons. The van der Waals surface area contributed by atoms with Gasteiger partial charge in [0.2, 0.25) is 5.91 Å². The number of allylic oxidation sites excluding steroid dienone is 1. The van der Waals surface area contributed by atoms with Crippen LogP contribution in [0.25, 0.3) is 5.57 Å². The zero-order valence-electron chi connectivity index (χ0n) is 15.9. The van der Waals surface area contributed by atoms with Crippen LogP contribution in [0.1, 0.15) is 48.1 Å². The second-order valence-corrected chi connectivity index (χ2v) is 9.67. The van der Waals surface area contributed by atoms with Gasteiger partial charge in [-0.05, 0) is 64.3 Å². The quantitative estimate of drug-likeness (QED) is 0.519. The van der Waals surface area contributed by atoms with E-state index in [1.807, 2.05) is 18.2 Å². The molecule has 1 aliphatic carbocycles. The third kappa shape index (κ3) is 3.85. The van der Waals surface area contributed by atoms with E-state index in [4.69, 9.17) is 23.2 Å². The second kappa shape index (κ2) is 7.81. The molecule has 2 aliphatic rings. The summed E-state index contributed by atoms with van der Waals surface area (Å²) in [6.07, 6.45) is -3.12. The van der Waals surface area contributed by atoms with Crippen molar-refractivity contribution >= 4 is 46.4 Å². The van der Waals surface area contributed by atoms with Gasteiger partial charge in [-0.2, -0.15) is 13.2 Å². The lowest BCUT2D eigenvalue weighted by atomic mass is 9.88. The van der Waals surface area contributed by atoms with E-state index in [1.165, 1.54) is 25.1 Å². The van der Waals surface area contributed by atoms with Crippen LogP contribution in [0, 0.1) is 0 Å². The topological polar surface area (TPSA) is 29.1 Å². The van der Waals surface area contributed by atoms with Gasteiger partial charge in [0.25, 0.3) is 0 Å². The molecular weight excluding hydrogens is 454 g/mol. The number of halogens is 5. The molecule has 1 amide bonds. The number of hydrogen-bond donors (Lipinski definition) is 1. The number of aryl methyl sites for hydroxylation is 1. The van der Waals surface area contributed by atoms with Crippen molar-refractivity contribution in [1.29, 1.82) is 0 Å². The Morgan fingerprint density at radius 1 is 1.17 bits per heavy atom. The Balaban J connectivity index is 1.66. The highest BCUT2D eigenvalue weighted by molar-refractivity contribution is 8.03. The van der Waals surface area contributed by atoms with Crippen molar-refractivity contribution in [3.63, 3.8) is 0 Å². The highest BCUT2D eigenvalue weighted by atomic mass is 35.5. The fourth-order valence-electron chi connectivity index (χ4n) is 4.19. The molecule has 0 bridgehead atoms. The number of amides is 1. The van der Waals surface area contributed by atoms with E-state index in [9.17, 15) is 18.0 Å². The Morgan fingerprint density at radius 2 is 1.87 bits per heavy atom. The smallest absolute Gasteiger partial charge is 0.350 e. The molecule has 1 heterocycles. The molecule has 0 fully saturated rings. The molecule has 4 rings (SSSR count). The molecule has 1 N–H and O–H groups in total. The summed E-state index contributed by atoms with van der Waals surface area (Å²) in [6.45, 7) is 1.48. The molecule has 2 nitrogen and oxygen atoms in total. The number of nitrogens with one attached hydrogen (secondary N) is 1. The van der Waals surface area contributed by atoms with Gasteiger partial charge in [0.1, 0.15) is 4.75 Å². The van der Waals surface area contributed by atoms with Gasteiger partial charge in [0, 0.05) is 23.4 Å². The van der Waals surface area contributed by atoms with Crippen molar-refractivity contribution in [3.05, 3.63) is 74.1 Å². The maximum atomic E-state index is 14.3. The zero-order valence-corrected chi connectivity index (χ0v) is 18.3. The first-order chi connectivity index (χ1) is 14.1. The zero-order chi connectivity index (χ0) is 21.7. The first-order valence-electron chi connectivity index (χ1n) is 9.39. The molecule has 0 saturated carbocycles. The van der Waals surface area contributed by atoms with Crippen LogP contribution in [0.5, 0.6) is 0 Å². The van der Waals surface area contributed by atoms with Gasteiger partial charge in [-0.25, -0.2) is 0 Å². The fraction of sp³-hybridized carbons (Fsp3) is 0.318. The summed E-state index contributed by atoms with van der Waals surface area (Å²) in [5.74, 6) is -0.0954. The van der Waals surface area contributed by atoms with Crippen molar-refractivity contribution in [2.75, 3.05) is 0 Å². The summed E-state index contributed by atoms with van der Waals surface area (Å²) in [5, 5.41) is 4.86. The van der Waals surface area contributed by atoms with Crippen molar-refractivity contribution < 1.29 is 18.0 Å². The van der Waals surface area contributed by atoms with E-state index >= 15 is 0 Å². The monoisotopic (exact) mass is 471 g/mol. The summed E-state index contributed by atoms with van der Waals surface area (Å²) in [7, 11) is 0. The number of carbonyl (C=O) groups is 1. The molecule has 30 heavy (non-hydrogen) atoms. The number of fused-ring (bicyclic) bond motifs is 1. The Kier molecular flexibility index (Phi) is 5.62. The first-order valence-corrected chi connectivity index (χ1v) is 11.0. The number of benzene rings is 2.